The number of carbonyl (C=O) groups excluding carboxylic acids is 4. The Balaban J connectivity index is -0.000000541. The second kappa shape index (κ2) is 23.4. The standard InChI is InChI=1S/C11H22N2O5Si.C6H11NO2.C5H11NO3Si/c1-9(2)10(14)12-6-7-18-11(15)13-8-19(5,16-3)17-4;1-5(2)6(9)7-3-4-8;1-8-10(3,9-2)5-6-4-7/h1,6-8H2,2-5H3,(H,12,14)(H,13,15);8H,1,3-4H2,2H3,(H,7,9);5H2,1-3H3. The van der Waals surface area contributed by atoms with Gasteiger partial charge in [0.2, 0.25) is 17.9 Å². The van der Waals surface area contributed by atoms with Crippen molar-refractivity contribution >= 4 is 41.1 Å². The molecule has 0 radical (unpaired) electrons. The fourth-order valence-electron chi connectivity index (χ4n) is 1.68. The predicted molar refractivity (Wildman–Crippen MR) is 146 cm³/mol. The van der Waals surface area contributed by atoms with Crippen molar-refractivity contribution < 1.29 is 46.7 Å². The second-order valence-corrected chi connectivity index (χ2v) is 14.6. The van der Waals surface area contributed by atoms with Gasteiger partial charge >= 0.3 is 23.2 Å². The number of carbonyl (C=O) groups is 3. The molecular formula is C22H44N4O10Si2. The summed E-state index contributed by atoms with van der Waals surface area (Å²) < 4.78 is 25.3. The van der Waals surface area contributed by atoms with Crippen LogP contribution in [0.25, 0.3) is 0 Å². The maximum atomic E-state index is 11.3. The summed E-state index contributed by atoms with van der Waals surface area (Å²) in [5.74, 6) is -0.466. The van der Waals surface area contributed by atoms with Crippen LogP contribution in [0.5, 0.6) is 0 Å². The molecule has 220 valence electrons. The van der Waals surface area contributed by atoms with Crippen molar-refractivity contribution in [1.82, 2.24) is 16.0 Å². The molecule has 0 spiro atoms. The van der Waals surface area contributed by atoms with Gasteiger partial charge in [-0.3, -0.25) is 9.59 Å². The zero-order valence-electron chi connectivity index (χ0n) is 23.7. The highest BCUT2D eigenvalue weighted by Gasteiger charge is 2.29. The topological polar surface area (TPSA) is 183 Å². The van der Waals surface area contributed by atoms with E-state index >= 15 is 0 Å². The molecule has 0 rings (SSSR count). The number of alkyl carbamates (subject to hydrolysis) is 1. The summed E-state index contributed by atoms with van der Waals surface area (Å²) in [7, 11) is 1.70. The highest BCUT2D eigenvalue weighted by molar-refractivity contribution is 6.66. The van der Waals surface area contributed by atoms with E-state index in [9.17, 15) is 19.2 Å². The third kappa shape index (κ3) is 22.5. The fraction of sp³-hybridized carbons (Fsp3) is 0.636. The average molecular weight is 581 g/mol. The first kappa shape index (κ1) is 39.8. The van der Waals surface area contributed by atoms with Crippen LogP contribution in [0.15, 0.2) is 29.3 Å². The molecule has 0 saturated heterocycles. The molecule has 0 aliphatic carbocycles. The minimum atomic E-state index is -2.33. The number of ether oxygens (including phenoxy) is 1. The van der Waals surface area contributed by atoms with E-state index < -0.39 is 23.2 Å². The summed E-state index contributed by atoms with van der Waals surface area (Å²) >= 11 is 0. The minimum absolute atomic E-state index is 0.0288. The molecule has 38 heavy (non-hydrogen) atoms. The van der Waals surface area contributed by atoms with Crippen LogP contribution in [0, 0.1) is 0 Å². The van der Waals surface area contributed by atoms with Gasteiger partial charge in [-0.15, -0.1) is 0 Å². The van der Waals surface area contributed by atoms with E-state index in [0.717, 1.165) is 0 Å². The van der Waals surface area contributed by atoms with Crippen molar-refractivity contribution in [3.63, 3.8) is 0 Å². The van der Waals surface area contributed by atoms with Crippen molar-refractivity contribution in [2.75, 3.05) is 67.1 Å². The molecule has 0 saturated carbocycles. The van der Waals surface area contributed by atoms with Gasteiger partial charge in [0.25, 0.3) is 0 Å². The number of hydrogen-bond donors (Lipinski definition) is 4. The summed E-state index contributed by atoms with van der Waals surface area (Å²) in [6.07, 6.45) is 1.47. The second-order valence-electron chi connectivity index (χ2n) is 7.78. The number of rotatable bonds is 15. The molecular weight excluding hydrogens is 536 g/mol. The van der Waals surface area contributed by atoms with Gasteiger partial charge in [0.1, 0.15) is 6.61 Å². The van der Waals surface area contributed by atoms with Gasteiger partial charge in [0.05, 0.1) is 25.5 Å². The average Bonchev–Trinajstić information content (AvgIpc) is 2.91. The number of nitrogens with zero attached hydrogens (tertiary/aromatic N) is 1. The van der Waals surface area contributed by atoms with Gasteiger partial charge in [-0.25, -0.2) is 14.6 Å². The van der Waals surface area contributed by atoms with E-state index in [1.807, 2.05) is 13.1 Å². The number of aliphatic hydroxyl groups excluding tert-OH is 1. The van der Waals surface area contributed by atoms with Crippen LogP contribution < -0.4 is 16.0 Å². The largest absolute Gasteiger partial charge is 0.448 e. The molecule has 3 amide bonds. The third-order valence-electron chi connectivity index (χ3n) is 4.51. The molecule has 0 bridgehead atoms. The fourth-order valence-corrected chi connectivity index (χ4v) is 3.38. The highest BCUT2D eigenvalue weighted by Crippen LogP contribution is 2.03. The molecule has 0 fully saturated rings. The van der Waals surface area contributed by atoms with E-state index in [4.69, 9.17) is 27.5 Å². The molecule has 0 aliphatic rings. The predicted octanol–water partition coefficient (Wildman–Crippen LogP) is 0.206. The maximum Gasteiger partial charge on any atom is 0.407 e. The first-order chi connectivity index (χ1) is 17.7. The quantitative estimate of drug-likeness (QED) is 0.0686. The maximum absolute atomic E-state index is 11.3. The van der Waals surface area contributed by atoms with Crippen molar-refractivity contribution in [1.29, 1.82) is 0 Å². The number of nitrogens with one attached hydrogen (secondary N) is 3. The smallest absolute Gasteiger partial charge is 0.407 e. The number of aliphatic hydroxyl groups is 1. The third-order valence-corrected chi connectivity index (χ3v) is 9.51. The summed E-state index contributed by atoms with van der Waals surface area (Å²) in [6.45, 7) is 14.4. The molecule has 0 aromatic heterocycles. The van der Waals surface area contributed by atoms with E-state index in [-0.39, 0.29) is 37.7 Å². The van der Waals surface area contributed by atoms with E-state index in [2.05, 4.69) is 34.1 Å². The monoisotopic (exact) mass is 580 g/mol. The van der Waals surface area contributed by atoms with Crippen LogP contribution in [0.4, 0.5) is 4.79 Å². The SMILES string of the molecule is C=C(C)C(=O)NCCO.C=C(C)C(=O)NCCOC(=O)NC[Si](C)(OC)OC.CO[Si](C)(CN=C=O)OC. The van der Waals surface area contributed by atoms with Gasteiger partial charge < -0.3 is 43.5 Å². The number of amides is 3. The van der Waals surface area contributed by atoms with Gasteiger partial charge in [0.15, 0.2) is 0 Å². The van der Waals surface area contributed by atoms with Gasteiger partial charge in [-0.05, 0) is 26.9 Å². The van der Waals surface area contributed by atoms with Gasteiger partial charge in [0, 0.05) is 46.1 Å². The Morgan fingerprint density at radius 1 is 0.842 bits per heavy atom. The minimum Gasteiger partial charge on any atom is -0.448 e. The Labute approximate surface area is 227 Å². The normalized spacial score (nSPS) is 10.2. The molecule has 4 N–H and O–H groups in total. The first-order valence-electron chi connectivity index (χ1n) is 11.3. The summed E-state index contributed by atoms with van der Waals surface area (Å²) in [6, 6.07) is 0. The van der Waals surface area contributed by atoms with Crippen molar-refractivity contribution in [3.8, 4) is 0 Å². The van der Waals surface area contributed by atoms with Crippen molar-refractivity contribution in [3.05, 3.63) is 24.3 Å². The van der Waals surface area contributed by atoms with Crippen LogP contribution >= 0.6 is 0 Å². The molecule has 0 heterocycles. The molecule has 16 heteroatoms. The van der Waals surface area contributed by atoms with Crippen molar-refractivity contribution in [2.45, 2.75) is 26.9 Å². The van der Waals surface area contributed by atoms with Crippen LogP contribution in [-0.2, 0) is 36.8 Å². The van der Waals surface area contributed by atoms with Gasteiger partial charge in [-0.1, -0.05) is 13.2 Å². The Hall–Kier alpha value is -2.70. The molecule has 0 atom stereocenters. The zero-order chi connectivity index (χ0) is 30.2. The lowest BCUT2D eigenvalue weighted by atomic mass is 10.3. The molecule has 0 aromatic rings. The van der Waals surface area contributed by atoms with E-state index in [1.54, 1.807) is 28.1 Å². The van der Waals surface area contributed by atoms with Crippen LogP contribution in [-0.4, -0.2) is 113 Å². The molecule has 0 unspecified atom stereocenters. The summed E-state index contributed by atoms with van der Waals surface area (Å²) in [4.78, 5) is 46.2. The lowest BCUT2D eigenvalue weighted by Gasteiger charge is -2.22. The lowest BCUT2D eigenvalue weighted by molar-refractivity contribution is -0.118. The van der Waals surface area contributed by atoms with Gasteiger partial charge in [-0.2, -0.15) is 0 Å². The molecule has 0 aliphatic heterocycles. The molecule has 0 aromatic carbocycles. The Bertz CT molecular complexity index is 784. The summed E-state index contributed by atoms with van der Waals surface area (Å²) in [5, 5.41) is 15.8. The lowest BCUT2D eigenvalue weighted by Crippen LogP contribution is -2.49. The van der Waals surface area contributed by atoms with E-state index in [1.165, 1.54) is 20.3 Å². The number of aliphatic imine (C=N–C) groups is 1. The number of isocyanates is 1. The van der Waals surface area contributed by atoms with E-state index in [0.29, 0.717) is 23.9 Å². The van der Waals surface area contributed by atoms with Crippen LogP contribution in [0.1, 0.15) is 13.8 Å². The zero-order valence-corrected chi connectivity index (χ0v) is 25.7. The summed E-state index contributed by atoms with van der Waals surface area (Å²) in [5.41, 5.74) is 0.870. The van der Waals surface area contributed by atoms with Crippen LogP contribution in [0.3, 0.4) is 0 Å². The Kier molecular flexibility index (Phi) is 24.5. The number of hydrogen-bond acceptors (Lipinski definition) is 11. The van der Waals surface area contributed by atoms with Crippen LogP contribution in [0.2, 0.25) is 13.1 Å². The molecule has 14 nitrogen and oxygen atoms in total. The highest BCUT2D eigenvalue weighted by atomic mass is 28.4. The first-order valence-corrected chi connectivity index (χ1v) is 16.4. The Morgan fingerprint density at radius 2 is 1.29 bits per heavy atom. The van der Waals surface area contributed by atoms with Crippen molar-refractivity contribution in [2.24, 2.45) is 4.99 Å². The Morgan fingerprint density at radius 3 is 1.66 bits per heavy atom.